The van der Waals surface area contributed by atoms with Crippen molar-refractivity contribution in [1.82, 2.24) is 9.88 Å². The van der Waals surface area contributed by atoms with Crippen molar-refractivity contribution >= 4 is 5.91 Å². The summed E-state index contributed by atoms with van der Waals surface area (Å²) in [5.74, 6) is 6.05. The lowest BCUT2D eigenvalue weighted by molar-refractivity contribution is 0.0706. The fourth-order valence-corrected chi connectivity index (χ4v) is 1.68. The predicted octanol–water partition coefficient (Wildman–Crippen LogP) is 1.93. The van der Waals surface area contributed by atoms with Gasteiger partial charge in [-0.15, -0.1) is 0 Å². The molecule has 1 aromatic rings. The molecule has 0 aliphatic heterocycles. The zero-order chi connectivity index (χ0) is 15.1. The van der Waals surface area contributed by atoms with E-state index in [1.807, 2.05) is 6.92 Å². The van der Waals surface area contributed by atoms with Gasteiger partial charge in [0.15, 0.2) is 0 Å². The van der Waals surface area contributed by atoms with Gasteiger partial charge in [0.2, 0.25) is 0 Å². The van der Waals surface area contributed by atoms with Crippen molar-refractivity contribution < 1.29 is 9.90 Å². The molecule has 0 aromatic carbocycles. The van der Waals surface area contributed by atoms with Crippen molar-refractivity contribution in [2.75, 3.05) is 13.7 Å². The number of hydrogen-bond acceptors (Lipinski definition) is 3. The largest absolute Gasteiger partial charge is 0.395 e. The highest BCUT2D eigenvalue weighted by molar-refractivity contribution is 5.94. The van der Waals surface area contributed by atoms with E-state index < -0.39 is 0 Å². The van der Waals surface area contributed by atoms with Crippen LogP contribution in [-0.2, 0) is 0 Å². The summed E-state index contributed by atoms with van der Waals surface area (Å²) in [6, 6.07) is 1.90. The monoisotopic (exact) mass is 274 g/mol. The van der Waals surface area contributed by atoms with Crippen molar-refractivity contribution in [2.24, 2.45) is 5.92 Å². The summed E-state index contributed by atoms with van der Waals surface area (Å²) in [4.78, 5) is 18.2. The van der Waals surface area contributed by atoms with Gasteiger partial charge in [0.05, 0.1) is 12.2 Å². The minimum atomic E-state index is -0.0514. The van der Waals surface area contributed by atoms with Crippen molar-refractivity contribution in [1.29, 1.82) is 0 Å². The molecule has 0 aliphatic carbocycles. The zero-order valence-corrected chi connectivity index (χ0v) is 12.6. The first kappa shape index (κ1) is 16.2. The van der Waals surface area contributed by atoms with Gasteiger partial charge in [-0.1, -0.05) is 25.7 Å². The van der Waals surface area contributed by atoms with Crippen LogP contribution in [-0.4, -0.2) is 40.6 Å². The highest BCUT2D eigenvalue weighted by Crippen LogP contribution is 2.12. The topological polar surface area (TPSA) is 53.4 Å². The average molecular weight is 274 g/mol. The van der Waals surface area contributed by atoms with Gasteiger partial charge in [0, 0.05) is 37.5 Å². The molecule has 1 unspecified atom stereocenters. The van der Waals surface area contributed by atoms with E-state index in [4.69, 9.17) is 5.11 Å². The second-order valence-corrected chi connectivity index (χ2v) is 5.14. The lowest BCUT2D eigenvalue weighted by atomic mass is 10.0. The Morgan fingerprint density at radius 3 is 2.70 bits per heavy atom. The summed E-state index contributed by atoms with van der Waals surface area (Å²) in [6.07, 6.45) is 3.60. The van der Waals surface area contributed by atoms with Crippen molar-refractivity contribution in [3.05, 3.63) is 29.6 Å². The van der Waals surface area contributed by atoms with Gasteiger partial charge >= 0.3 is 0 Å². The van der Waals surface area contributed by atoms with Gasteiger partial charge in [-0.25, -0.2) is 0 Å². The van der Waals surface area contributed by atoms with Crippen LogP contribution in [0.25, 0.3) is 0 Å². The Hall–Kier alpha value is -1.86. The minimum absolute atomic E-state index is 0.0354. The molecule has 4 nitrogen and oxygen atoms in total. The number of aliphatic hydroxyl groups excluding tert-OH is 1. The van der Waals surface area contributed by atoms with Gasteiger partial charge in [0.25, 0.3) is 5.91 Å². The van der Waals surface area contributed by atoms with E-state index in [2.05, 4.69) is 30.7 Å². The molecule has 4 heteroatoms. The quantitative estimate of drug-likeness (QED) is 0.854. The van der Waals surface area contributed by atoms with Crippen LogP contribution in [0.5, 0.6) is 0 Å². The normalized spacial score (nSPS) is 11.7. The number of amides is 1. The fraction of sp³-hybridized carbons (Fsp3) is 0.500. The van der Waals surface area contributed by atoms with E-state index in [0.717, 1.165) is 0 Å². The van der Waals surface area contributed by atoms with E-state index in [0.29, 0.717) is 23.5 Å². The van der Waals surface area contributed by atoms with Crippen LogP contribution in [0.4, 0.5) is 0 Å². The second-order valence-electron chi connectivity index (χ2n) is 5.14. The molecule has 0 bridgehead atoms. The van der Waals surface area contributed by atoms with Gasteiger partial charge in [-0.05, 0) is 18.9 Å². The number of rotatable bonds is 4. The summed E-state index contributed by atoms with van der Waals surface area (Å²) in [7, 11) is 1.80. The number of aromatic nitrogens is 1. The Labute approximate surface area is 120 Å². The highest BCUT2D eigenvalue weighted by atomic mass is 16.2. The zero-order valence-electron chi connectivity index (χ0n) is 12.6. The van der Waals surface area contributed by atoms with Crippen LogP contribution in [0.15, 0.2) is 18.5 Å². The van der Waals surface area contributed by atoms with Crippen molar-refractivity contribution in [2.45, 2.75) is 33.2 Å². The first-order chi connectivity index (χ1) is 9.47. The molecule has 1 aromatic heterocycles. The molecule has 0 radical (unpaired) electrons. The molecule has 1 atom stereocenters. The predicted molar refractivity (Wildman–Crippen MR) is 79.2 cm³/mol. The summed E-state index contributed by atoms with van der Waals surface area (Å²) >= 11 is 0. The van der Waals surface area contributed by atoms with Crippen LogP contribution >= 0.6 is 0 Å². The van der Waals surface area contributed by atoms with E-state index in [-0.39, 0.29) is 18.6 Å². The summed E-state index contributed by atoms with van der Waals surface area (Å²) in [6.45, 7) is 6.24. The fourth-order valence-electron chi connectivity index (χ4n) is 1.68. The standard InChI is InChI=1S/C16H22N2O2/c1-12(2)13(3)18(4)16(20)15-9-14(10-17-11-15)7-5-6-8-19/h9-13,19H,6,8H2,1-4H3. The van der Waals surface area contributed by atoms with E-state index >= 15 is 0 Å². The molecule has 0 fully saturated rings. The van der Waals surface area contributed by atoms with Gasteiger partial charge in [-0.3, -0.25) is 9.78 Å². The van der Waals surface area contributed by atoms with Crippen LogP contribution in [0, 0.1) is 17.8 Å². The third-order valence-electron chi connectivity index (χ3n) is 3.35. The molecule has 1 rings (SSSR count). The number of carbonyl (C=O) groups excluding carboxylic acids is 1. The first-order valence-electron chi connectivity index (χ1n) is 6.79. The van der Waals surface area contributed by atoms with Gasteiger partial charge in [-0.2, -0.15) is 0 Å². The molecule has 0 spiro atoms. The molecular formula is C16H22N2O2. The second kappa shape index (κ2) is 7.66. The van der Waals surface area contributed by atoms with Gasteiger partial charge in [0.1, 0.15) is 0 Å². The molecule has 0 saturated heterocycles. The molecule has 20 heavy (non-hydrogen) atoms. The lowest BCUT2D eigenvalue weighted by Gasteiger charge is -2.28. The maximum atomic E-state index is 12.4. The Morgan fingerprint density at radius 1 is 1.40 bits per heavy atom. The molecular weight excluding hydrogens is 252 g/mol. The number of hydrogen-bond donors (Lipinski definition) is 1. The lowest BCUT2D eigenvalue weighted by Crippen LogP contribution is -2.38. The van der Waals surface area contributed by atoms with Crippen LogP contribution in [0.1, 0.15) is 43.1 Å². The molecule has 1 amide bonds. The number of nitrogens with zero attached hydrogens (tertiary/aromatic N) is 2. The number of aliphatic hydroxyl groups is 1. The Kier molecular flexibility index (Phi) is 6.20. The highest BCUT2D eigenvalue weighted by Gasteiger charge is 2.20. The summed E-state index contributed by atoms with van der Waals surface area (Å²) in [5, 5.41) is 8.69. The first-order valence-corrected chi connectivity index (χ1v) is 6.79. The van der Waals surface area contributed by atoms with Gasteiger partial charge < -0.3 is 10.0 Å². The Morgan fingerprint density at radius 2 is 2.10 bits per heavy atom. The summed E-state index contributed by atoms with van der Waals surface area (Å²) < 4.78 is 0. The number of pyridine rings is 1. The SMILES string of the molecule is CC(C)C(C)N(C)C(=O)c1cncc(C#CCCO)c1. The van der Waals surface area contributed by atoms with E-state index in [1.165, 1.54) is 0 Å². The van der Waals surface area contributed by atoms with Crippen LogP contribution in [0.3, 0.4) is 0 Å². The minimum Gasteiger partial charge on any atom is -0.395 e. The molecule has 1 heterocycles. The molecule has 0 saturated carbocycles. The average Bonchev–Trinajstić information content (AvgIpc) is 2.45. The Bertz CT molecular complexity index is 515. The maximum absolute atomic E-state index is 12.4. The van der Waals surface area contributed by atoms with Crippen molar-refractivity contribution in [3.8, 4) is 11.8 Å². The third kappa shape index (κ3) is 4.36. The van der Waals surface area contributed by atoms with E-state index in [1.54, 1.807) is 30.4 Å². The third-order valence-corrected chi connectivity index (χ3v) is 3.35. The Balaban J connectivity index is 2.89. The number of carbonyl (C=O) groups is 1. The molecule has 0 aliphatic rings. The smallest absolute Gasteiger partial charge is 0.255 e. The van der Waals surface area contributed by atoms with Crippen molar-refractivity contribution in [3.63, 3.8) is 0 Å². The van der Waals surface area contributed by atoms with Crippen LogP contribution < -0.4 is 0 Å². The maximum Gasteiger partial charge on any atom is 0.255 e. The van der Waals surface area contributed by atoms with Crippen LogP contribution in [0.2, 0.25) is 0 Å². The summed E-state index contributed by atoms with van der Waals surface area (Å²) in [5.41, 5.74) is 1.23. The molecule has 108 valence electrons. The molecule has 1 N–H and O–H groups in total. The van der Waals surface area contributed by atoms with E-state index in [9.17, 15) is 4.79 Å².